The van der Waals surface area contributed by atoms with E-state index in [0.717, 1.165) is 41.5 Å². The normalized spacial score (nSPS) is 14.3. The third kappa shape index (κ3) is 8.44. The maximum absolute atomic E-state index is 14.1. The lowest BCUT2D eigenvalue weighted by Gasteiger charge is -2.33. The Hall–Kier alpha value is -4.41. The fraction of sp³-hybridized carbons (Fsp3) is 0.333. The Balaban J connectivity index is 1.26. The predicted molar refractivity (Wildman–Crippen MR) is 172 cm³/mol. The van der Waals surface area contributed by atoms with Crippen LogP contribution >= 0.6 is 0 Å². The number of Topliss-reactive ketones (excluding diaryl/α,β-unsaturated/α-hetero) is 1. The molecule has 0 unspecified atom stereocenters. The molecule has 0 aliphatic carbocycles. The summed E-state index contributed by atoms with van der Waals surface area (Å²) in [7, 11) is 3.65. The predicted octanol–water partition coefficient (Wildman–Crippen LogP) is 5.77. The van der Waals surface area contributed by atoms with E-state index in [0.29, 0.717) is 30.9 Å². The van der Waals surface area contributed by atoms with Gasteiger partial charge in [0.05, 0.1) is 17.7 Å². The van der Waals surface area contributed by atoms with Crippen LogP contribution in [-0.2, 0) is 36.8 Å². The van der Waals surface area contributed by atoms with E-state index in [1.165, 1.54) is 23.4 Å². The van der Waals surface area contributed by atoms with Crippen molar-refractivity contribution in [1.29, 1.82) is 0 Å². The molecule has 0 bridgehead atoms. The standard InChI is InChI=1S/C36H38F3N5O2/c1-25-9-10-27(17-30(25)21-35(46)43(3)34-22-31(40-24-41-34)18-26-7-5-4-6-8-26)19-33(45)28-11-12-29(32(20-28)36(37,38)39)23-44-15-13-42(2)14-16-44/h4-12,17,20,22,24H,13-16,18-19,21,23H2,1-3H3. The topological polar surface area (TPSA) is 69.6 Å². The molecule has 1 fully saturated rings. The highest BCUT2D eigenvalue weighted by atomic mass is 19.4. The third-order valence-corrected chi connectivity index (χ3v) is 8.50. The first-order chi connectivity index (χ1) is 22.0. The molecule has 0 spiro atoms. The van der Waals surface area contributed by atoms with Crippen LogP contribution in [0.4, 0.5) is 19.0 Å². The van der Waals surface area contributed by atoms with Gasteiger partial charge in [0.25, 0.3) is 0 Å². The fourth-order valence-electron chi connectivity index (χ4n) is 5.59. The number of halogens is 3. The van der Waals surface area contributed by atoms with Gasteiger partial charge in [0.15, 0.2) is 5.78 Å². The Kier molecular flexibility index (Phi) is 10.3. The van der Waals surface area contributed by atoms with E-state index >= 15 is 0 Å². The van der Waals surface area contributed by atoms with Gasteiger partial charge in [-0.1, -0.05) is 60.7 Å². The number of amides is 1. The van der Waals surface area contributed by atoms with Gasteiger partial charge in [-0.05, 0) is 47.9 Å². The van der Waals surface area contributed by atoms with E-state index in [2.05, 4.69) is 14.9 Å². The molecule has 2 heterocycles. The summed E-state index contributed by atoms with van der Waals surface area (Å²) in [4.78, 5) is 40.8. The average Bonchev–Trinajstić information content (AvgIpc) is 3.03. The number of aryl methyl sites for hydroxylation is 1. The molecular formula is C36H38F3N5O2. The molecule has 1 aliphatic heterocycles. The highest BCUT2D eigenvalue weighted by Gasteiger charge is 2.34. The summed E-state index contributed by atoms with van der Waals surface area (Å²) < 4.78 is 42.2. The van der Waals surface area contributed by atoms with Gasteiger partial charge in [0.2, 0.25) is 5.91 Å². The maximum atomic E-state index is 14.1. The van der Waals surface area contributed by atoms with Crippen molar-refractivity contribution in [3.63, 3.8) is 0 Å². The first-order valence-electron chi connectivity index (χ1n) is 15.3. The van der Waals surface area contributed by atoms with E-state index < -0.39 is 17.5 Å². The number of carbonyl (C=O) groups excluding carboxylic acids is 2. The van der Waals surface area contributed by atoms with Gasteiger partial charge >= 0.3 is 6.18 Å². The number of benzene rings is 3. The molecule has 0 atom stereocenters. The molecule has 0 saturated carbocycles. The number of rotatable bonds is 10. The van der Waals surface area contributed by atoms with Gasteiger partial charge in [0.1, 0.15) is 12.1 Å². The first-order valence-corrected chi connectivity index (χ1v) is 15.3. The second-order valence-electron chi connectivity index (χ2n) is 12.0. The average molecular weight is 630 g/mol. The lowest BCUT2D eigenvalue weighted by molar-refractivity contribution is -0.138. The van der Waals surface area contributed by atoms with Crippen molar-refractivity contribution in [1.82, 2.24) is 19.8 Å². The highest BCUT2D eigenvalue weighted by molar-refractivity contribution is 5.98. The maximum Gasteiger partial charge on any atom is 0.416 e. The van der Waals surface area contributed by atoms with Crippen molar-refractivity contribution in [3.8, 4) is 0 Å². The number of hydrogen-bond acceptors (Lipinski definition) is 6. The van der Waals surface area contributed by atoms with Crippen LogP contribution in [0.25, 0.3) is 0 Å². The van der Waals surface area contributed by atoms with Crippen LogP contribution < -0.4 is 4.90 Å². The Morgan fingerprint density at radius 1 is 0.848 bits per heavy atom. The van der Waals surface area contributed by atoms with Gasteiger partial charge in [-0.25, -0.2) is 9.97 Å². The molecule has 10 heteroatoms. The summed E-state index contributed by atoms with van der Waals surface area (Å²) in [5.41, 5.74) is 3.54. The van der Waals surface area contributed by atoms with Crippen LogP contribution in [0.1, 0.15) is 49.4 Å². The summed E-state index contributed by atoms with van der Waals surface area (Å²) in [6.45, 7) is 5.05. The van der Waals surface area contributed by atoms with E-state index in [1.807, 2.05) is 55.3 Å². The summed E-state index contributed by atoms with van der Waals surface area (Å²) in [5.74, 6) is -0.130. The second kappa shape index (κ2) is 14.3. The van der Waals surface area contributed by atoms with Crippen LogP contribution in [0.3, 0.4) is 0 Å². The van der Waals surface area contributed by atoms with Crippen molar-refractivity contribution >= 4 is 17.5 Å². The smallest absolute Gasteiger partial charge is 0.304 e. The number of carbonyl (C=O) groups is 2. The van der Waals surface area contributed by atoms with Crippen molar-refractivity contribution in [3.05, 3.63) is 124 Å². The van der Waals surface area contributed by atoms with E-state index in [-0.39, 0.29) is 36.4 Å². The fourth-order valence-corrected chi connectivity index (χ4v) is 5.59. The van der Waals surface area contributed by atoms with E-state index in [1.54, 1.807) is 25.2 Å². The third-order valence-electron chi connectivity index (χ3n) is 8.50. The van der Waals surface area contributed by atoms with Gasteiger partial charge in [-0.2, -0.15) is 13.2 Å². The van der Waals surface area contributed by atoms with Crippen molar-refractivity contribution in [2.75, 3.05) is 45.2 Å². The van der Waals surface area contributed by atoms with Gasteiger partial charge in [-0.3, -0.25) is 19.4 Å². The molecule has 4 aromatic rings. The molecule has 0 radical (unpaired) electrons. The van der Waals surface area contributed by atoms with Crippen LogP contribution in [-0.4, -0.2) is 71.7 Å². The lowest BCUT2D eigenvalue weighted by atomic mass is 9.95. The molecule has 5 rings (SSSR count). The minimum absolute atomic E-state index is 0.0162. The Bertz CT molecular complexity index is 1690. The van der Waals surface area contributed by atoms with Crippen molar-refractivity contribution in [2.24, 2.45) is 0 Å². The molecule has 1 saturated heterocycles. The van der Waals surface area contributed by atoms with Gasteiger partial charge in [-0.15, -0.1) is 0 Å². The van der Waals surface area contributed by atoms with Gasteiger partial charge < -0.3 is 4.90 Å². The minimum Gasteiger partial charge on any atom is -0.304 e. The zero-order valence-corrected chi connectivity index (χ0v) is 26.3. The number of nitrogens with zero attached hydrogens (tertiary/aromatic N) is 5. The van der Waals surface area contributed by atoms with E-state index in [9.17, 15) is 22.8 Å². The number of anilines is 1. The summed E-state index contributed by atoms with van der Waals surface area (Å²) >= 11 is 0. The molecule has 1 aromatic heterocycles. The molecule has 1 amide bonds. The van der Waals surface area contributed by atoms with E-state index in [4.69, 9.17) is 0 Å². The molecule has 240 valence electrons. The Morgan fingerprint density at radius 2 is 1.59 bits per heavy atom. The number of aromatic nitrogens is 2. The number of likely N-dealkylation sites (N-methyl/N-ethyl adjacent to an activating group) is 2. The molecular weight excluding hydrogens is 591 g/mol. The molecule has 0 N–H and O–H groups in total. The van der Waals surface area contributed by atoms with Crippen LogP contribution in [0, 0.1) is 6.92 Å². The zero-order chi connectivity index (χ0) is 32.8. The summed E-state index contributed by atoms with van der Waals surface area (Å²) in [6.07, 6.45) is -2.54. The lowest BCUT2D eigenvalue weighted by Crippen LogP contribution is -2.44. The number of alkyl halides is 3. The SMILES string of the molecule is Cc1ccc(CC(=O)c2ccc(CN3CCN(C)CC3)c(C(F)(F)F)c2)cc1CC(=O)N(C)c1cc(Cc2ccccc2)ncn1. The van der Waals surface area contributed by atoms with Crippen LogP contribution in [0.15, 0.2) is 79.1 Å². The monoisotopic (exact) mass is 629 g/mol. The molecule has 3 aromatic carbocycles. The van der Waals surface area contributed by atoms with Gasteiger partial charge in [0, 0.05) is 64.2 Å². The van der Waals surface area contributed by atoms with Crippen LogP contribution in [0.5, 0.6) is 0 Å². The molecule has 1 aliphatic rings. The molecule has 46 heavy (non-hydrogen) atoms. The largest absolute Gasteiger partial charge is 0.416 e. The first kappa shape index (κ1) is 33.0. The summed E-state index contributed by atoms with van der Waals surface area (Å²) in [5, 5.41) is 0. The molecule has 7 nitrogen and oxygen atoms in total. The van der Waals surface area contributed by atoms with Crippen molar-refractivity contribution in [2.45, 2.75) is 38.9 Å². The quantitative estimate of drug-likeness (QED) is 0.208. The second-order valence-corrected chi connectivity index (χ2v) is 12.0. The zero-order valence-electron chi connectivity index (χ0n) is 26.3. The Morgan fingerprint density at radius 3 is 2.30 bits per heavy atom. The van der Waals surface area contributed by atoms with Crippen LogP contribution in [0.2, 0.25) is 0 Å². The highest BCUT2D eigenvalue weighted by Crippen LogP contribution is 2.34. The van der Waals surface area contributed by atoms with Crippen molar-refractivity contribution < 1.29 is 22.8 Å². The summed E-state index contributed by atoms with van der Waals surface area (Å²) in [6, 6.07) is 21.0. The number of ketones is 1. The minimum atomic E-state index is -4.58. The Labute approximate surface area is 267 Å². The number of hydrogen-bond donors (Lipinski definition) is 0. The number of piperazine rings is 1.